The fourth-order valence-corrected chi connectivity index (χ4v) is 2.05. The van der Waals surface area contributed by atoms with E-state index in [-0.39, 0.29) is 0 Å². The third kappa shape index (κ3) is 4.41. The Morgan fingerprint density at radius 2 is 1.94 bits per heavy atom. The topological polar surface area (TPSA) is 30.5 Å². The van der Waals surface area contributed by atoms with Gasteiger partial charge >= 0.3 is 0 Å². The zero-order chi connectivity index (χ0) is 13.4. The molecule has 1 atom stereocenters. The number of benzene rings is 1. The lowest BCUT2D eigenvalue weighted by Gasteiger charge is -2.20. The fraction of sp³-hybridized carbons (Fsp3) is 0.600. The Morgan fingerprint density at radius 1 is 1.17 bits per heavy atom. The first kappa shape index (κ1) is 15.2. The van der Waals surface area contributed by atoms with Gasteiger partial charge in [0.15, 0.2) is 0 Å². The van der Waals surface area contributed by atoms with Gasteiger partial charge in [0.2, 0.25) is 0 Å². The van der Waals surface area contributed by atoms with Crippen LogP contribution in [0.3, 0.4) is 0 Å². The van der Waals surface area contributed by atoms with E-state index in [0.717, 1.165) is 13.0 Å². The average molecular weight is 251 g/mol. The summed E-state index contributed by atoms with van der Waals surface area (Å²) < 4.78 is 10.5. The Bertz CT molecular complexity index is 352. The standard InChI is InChI=1S/C15H25NO2/c1-12-6-5-7-14(13(12)2)15(16-3)8-9-18-11-10-17-4/h5-7,15-16H,8-11H2,1-4H3. The highest BCUT2D eigenvalue weighted by Crippen LogP contribution is 2.22. The molecule has 0 saturated carbocycles. The van der Waals surface area contributed by atoms with Gasteiger partial charge in [-0.1, -0.05) is 18.2 Å². The summed E-state index contributed by atoms with van der Waals surface area (Å²) in [5.41, 5.74) is 4.08. The second-order valence-electron chi connectivity index (χ2n) is 4.52. The summed E-state index contributed by atoms with van der Waals surface area (Å²) >= 11 is 0. The highest BCUT2D eigenvalue weighted by molar-refractivity contribution is 5.35. The monoisotopic (exact) mass is 251 g/mol. The Kier molecular flexibility index (Phi) is 6.94. The van der Waals surface area contributed by atoms with Crippen LogP contribution in [0.5, 0.6) is 0 Å². The Hall–Kier alpha value is -0.900. The lowest BCUT2D eigenvalue weighted by molar-refractivity contribution is 0.0660. The molecule has 102 valence electrons. The van der Waals surface area contributed by atoms with E-state index >= 15 is 0 Å². The number of aryl methyl sites for hydroxylation is 1. The molecule has 0 spiro atoms. The van der Waals surface area contributed by atoms with Crippen LogP contribution in [-0.4, -0.2) is 34.0 Å². The van der Waals surface area contributed by atoms with Gasteiger partial charge in [-0.2, -0.15) is 0 Å². The van der Waals surface area contributed by atoms with E-state index in [2.05, 4.69) is 37.4 Å². The molecule has 3 heteroatoms. The van der Waals surface area contributed by atoms with E-state index in [9.17, 15) is 0 Å². The summed E-state index contributed by atoms with van der Waals surface area (Å²) in [7, 11) is 3.69. The lowest BCUT2D eigenvalue weighted by atomic mass is 9.96. The predicted octanol–water partition coefficient (Wildman–Crippen LogP) is 2.62. The molecule has 0 saturated heterocycles. The molecule has 0 fully saturated rings. The van der Waals surface area contributed by atoms with Crippen molar-refractivity contribution in [1.82, 2.24) is 5.32 Å². The Morgan fingerprint density at radius 3 is 2.61 bits per heavy atom. The van der Waals surface area contributed by atoms with E-state index < -0.39 is 0 Å². The van der Waals surface area contributed by atoms with Gasteiger partial charge in [-0.05, 0) is 44.0 Å². The maximum absolute atomic E-state index is 5.53. The third-order valence-corrected chi connectivity index (χ3v) is 3.35. The van der Waals surface area contributed by atoms with E-state index in [1.807, 2.05) is 7.05 Å². The zero-order valence-corrected chi connectivity index (χ0v) is 12.0. The van der Waals surface area contributed by atoms with Gasteiger partial charge in [0.25, 0.3) is 0 Å². The average Bonchev–Trinajstić information content (AvgIpc) is 2.38. The number of rotatable bonds is 8. The molecular formula is C15H25NO2. The Balaban J connectivity index is 2.52. The first-order chi connectivity index (χ1) is 8.70. The van der Waals surface area contributed by atoms with Gasteiger partial charge in [-0.25, -0.2) is 0 Å². The maximum Gasteiger partial charge on any atom is 0.0700 e. The predicted molar refractivity (Wildman–Crippen MR) is 75.0 cm³/mol. The fourth-order valence-electron chi connectivity index (χ4n) is 2.05. The zero-order valence-electron chi connectivity index (χ0n) is 12.0. The van der Waals surface area contributed by atoms with Crippen molar-refractivity contribution in [3.63, 3.8) is 0 Å². The van der Waals surface area contributed by atoms with E-state index in [1.54, 1.807) is 7.11 Å². The van der Waals surface area contributed by atoms with Gasteiger partial charge in [0.1, 0.15) is 0 Å². The van der Waals surface area contributed by atoms with Gasteiger partial charge in [0, 0.05) is 19.8 Å². The van der Waals surface area contributed by atoms with Crippen LogP contribution >= 0.6 is 0 Å². The Labute approximate surface area is 110 Å². The first-order valence-corrected chi connectivity index (χ1v) is 6.50. The van der Waals surface area contributed by atoms with Crippen molar-refractivity contribution in [3.05, 3.63) is 34.9 Å². The molecule has 0 aliphatic carbocycles. The molecule has 0 amide bonds. The van der Waals surface area contributed by atoms with Gasteiger partial charge in [-0.3, -0.25) is 0 Å². The summed E-state index contributed by atoms with van der Waals surface area (Å²) in [5, 5.41) is 3.37. The number of methoxy groups -OCH3 is 1. The molecule has 1 unspecified atom stereocenters. The maximum atomic E-state index is 5.53. The molecule has 0 heterocycles. The first-order valence-electron chi connectivity index (χ1n) is 6.50. The van der Waals surface area contributed by atoms with Crippen molar-refractivity contribution in [3.8, 4) is 0 Å². The van der Waals surface area contributed by atoms with E-state index in [1.165, 1.54) is 16.7 Å². The summed E-state index contributed by atoms with van der Waals surface area (Å²) in [6.45, 7) is 6.41. The number of ether oxygens (including phenoxy) is 2. The molecule has 0 bridgehead atoms. The van der Waals surface area contributed by atoms with Crippen LogP contribution in [0.25, 0.3) is 0 Å². The molecule has 0 aliphatic heterocycles. The largest absolute Gasteiger partial charge is 0.382 e. The summed E-state index contributed by atoms with van der Waals surface area (Å²) in [4.78, 5) is 0. The van der Waals surface area contributed by atoms with Crippen molar-refractivity contribution >= 4 is 0 Å². The summed E-state index contributed by atoms with van der Waals surface area (Å²) in [6, 6.07) is 6.82. The van der Waals surface area contributed by atoms with Crippen molar-refractivity contribution in [2.45, 2.75) is 26.3 Å². The van der Waals surface area contributed by atoms with Crippen LogP contribution in [0.15, 0.2) is 18.2 Å². The second-order valence-corrected chi connectivity index (χ2v) is 4.52. The molecule has 0 aliphatic rings. The highest BCUT2D eigenvalue weighted by atomic mass is 16.5. The summed E-state index contributed by atoms with van der Waals surface area (Å²) in [5.74, 6) is 0. The third-order valence-electron chi connectivity index (χ3n) is 3.35. The van der Waals surface area contributed by atoms with Crippen LogP contribution in [0, 0.1) is 13.8 Å². The molecule has 3 nitrogen and oxygen atoms in total. The SMILES string of the molecule is CNC(CCOCCOC)c1cccc(C)c1C. The molecular weight excluding hydrogens is 226 g/mol. The summed E-state index contributed by atoms with van der Waals surface area (Å²) in [6.07, 6.45) is 0.977. The molecule has 1 rings (SSSR count). The van der Waals surface area contributed by atoms with Crippen molar-refractivity contribution in [2.24, 2.45) is 0 Å². The van der Waals surface area contributed by atoms with Crippen molar-refractivity contribution in [1.29, 1.82) is 0 Å². The van der Waals surface area contributed by atoms with E-state index in [4.69, 9.17) is 9.47 Å². The van der Waals surface area contributed by atoms with Crippen LogP contribution in [0.1, 0.15) is 29.2 Å². The van der Waals surface area contributed by atoms with Crippen LogP contribution in [-0.2, 0) is 9.47 Å². The smallest absolute Gasteiger partial charge is 0.0700 e. The highest BCUT2D eigenvalue weighted by Gasteiger charge is 2.12. The quantitative estimate of drug-likeness (QED) is 0.720. The van der Waals surface area contributed by atoms with Crippen LogP contribution in [0.4, 0.5) is 0 Å². The molecule has 18 heavy (non-hydrogen) atoms. The number of hydrogen-bond donors (Lipinski definition) is 1. The molecule has 1 N–H and O–H groups in total. The van der Waals surface area contributed by atoms with E-state index in [0.29, 0.717) is 19.3 Å². The molecule has 0 radical (unpaired) electrons. The van der Waals surface area contributed by atoms with Crippen LogP contribution < -0.4 is 5.32 Å². The van der Waals surface area contributed by atoms with Crippen molar-refractivity contribution < 1.29 is 9.47 Å². The molecule has 1 aromatic carbocycles. The van der Waals surface area contributed by atoms with Crippen molar-refractivity contribution in [2.75, 3.05) is 34.0 Å². The van der Waals surface area contributed by atoms with Crippen LogP contribution in [0.2, 0.25) is 0 Å². The number of hydrogen-bond acceptors (Lipinski definition) is 3. The lowest BCUT2D eigenvalue weighted by Crippen LogP contribution is -2.20. The normalized spacial score (nSPS) is 12.7. The van der Waals surface area contributed by atoms with Gasteiger partial charge in [0.05, 0.1) is 13.2 Å². The van der Waals surface area contributed by atoms with Gasteiger partial charge in [-0.15, -0.1) is 0 Å². The minimum atomic E-state index is 0.354. The van der Waals surface area contributed by atoms with Gasteiger partial charge < -0.3 is 14.8 Å². The number of nitrogens with one attached hydrogen (secondary N) is 1. The minimum Gasteiger partial charge on any atom is -0.382 e. The molecule has 1 aromatic rings. The molecule has 0 aromatic heterocycles. The second kappa shape index (κ2) is 8.25. The minimum absolute atomic E-state index is 0.354.